The van der Waals surface area contributed by atoms with E-state index in [9.17, 15) is 4.79 Å². The second-order valence-electron chi connectivity index (χ2n) is 4.72. The summed E-state index contributed by atoms with van der Waals surface area (Å²) in [6, 6.07) is 1.65. The Bertz CT molecular complexity index is 474. The number of hydrogen-bond acceptors (Lipinski definition) is 4. The van der Waals surface area contributed by atoms with Gasteiger partial charge in [0.25, 0.3) is 0 Å². The van der Waals surface area contributed by atoms with Crippen molar-refractivity contribution >= 4 is 29.2 Å². The fraction of sp³-hybridized carbons (Fsp3) is 0.538. The molecular weight excluding hydrogens is 287 g/mol. The summed E-state index contributed by atoms with van der Waals surface area (Å²) in [4.78, 5) is 16.1. The van der Waals surface area contributed by atoms with E-state index in [1.807, 2.05) is 0 Å². The van der Waals surface area contributed by atoms with Gasteiger partial charge in [0, 0.05) is 12.7 Å². The summed E-state index contributed by atoms with van der Waals surface area (Å²) in [5.74, 6) is -0.213. The zero-order valence-corrected chi connectivity index (χ0v) is 12.2. The molecule has 0 amide bonds. The molecule has 0 unspecified atom stereocenters. The van der Waals surface area contributed by atoms with E-state index in [1.54, 1.807) is 12.3 Å². The number of carbonyl (C=O) groups is 1. The molecule has 1 aliphatic carbocycles. The van der Waals surface area contributed by atoms with Gasteiger partial charge >= 0.3 is 5.97 Å². The van der Waals surface area contributed by atoms with Crippen molar-refractivity contribution in [3.8, 4) is 0 Å². The molecule has 1 heterocycles. The first-order valence-corrected chi connectivity index (χ1v) is 6.96. The molecule has 0 bridgehead atoms. The van der Waals surface area contributed by atoms with E-state index in [4.69, 9.17) is 27.9 Å². The van der Waals surface area contributed by atoms with Gasteiger partial charge in [-0.05, 0) is 18.9 Å². The molecule has 1 aromatic heterocycles. The molecule has 1 fully saturated rings. The van der Waals surface area contributed by atoms with Gasteiger partial charge in [0.1, 0.15) is 5.54 Å². The van der Waals surface area contributed by atoms with E-state index in [2.05, 4.69) is 10.3 Å². The normalized spacial score (nSPS) is 17.4. The molecule has 104 valence electrons. The van der Waals surface area contributed by atoms with E-state index >= 15 is 0 Å². The number of carbonyl (C=O) groups excluding carboxylic acids is 1. The minimum Gasteiger partial charge on any atom is -0.468 e. The highest BCUT2D eigenvalue weighted by Gasteiger charge is 2.41. The monoisotopic (exact) mass is 302 g/mol. The summed E-state index contributed by atoms with van der Waals surface area (Å²) in [7, 11) is 1.41. The van der Waals surface area contributed by atoms with Crippen molar-refractivity contribution < 1.29 is 9.53 Å². The summed E-state index contributed by atoms with van der Waals surface area (Å²) < 4.78 is 4.90. The first kappa shape index (κ1) is 14.6. The molecule has 0 aromatic carbocycles. The molecular formula is C13H16Cl2N2O2. The predicted molar refractivity (Wildman–Crippen MR) is 74.3 cm³/mol. The van der Waals surface area contributed by atoms with Crippen LogP contribution in [0.5, 0.6) is 0 Å². The Morgan fingerprint density at radius 3 is 2.74 bits per heavy atom. The van der Waals surface area contributed by atoms with Crippen LogP contribution in [-0.4, -0.2) is 23.6 Å². The Labute approximate surface area is 122 Å². The molecule has 0 aliphatic heterocycles. The SMILES string of the molecule is COC(=O)C1(NCc2ncc(Cl)cc2Cl)CCCC1. The topological polar surface area (TPSA) is 51.2 Å². The molecule has 1 saturated carbocycles. The quantitative estimate of drug-likeness (QED) is 0.869. The van der Waals surface area contributed by atoms with Gasteiger partial charge < -0.3 is 4.74 Å². The lowest BCUT2D eigenvalue weighted by Crippen LogP contribution is -2.50. The Morgan fingerprint density at radius 1 is 1.47 bits per heavy atom. The summed E-state index contributed by atoms with van der Waals surface area (Å²) in [5.41, 5.74) is 0.0839. The average molecular weight is 303 g/mol. The molecule has 1 aromatic rings. The van der Waals surface area contributed by atoms with E-state index in [-0.39, 0.29) is 5.97 Å². The highest BCUT2D eigenvalue weighted by Crippen LogP contribution is 2.31. The first-order chi connectivity index (χ1) is 9.07. The molecule has 0 spiro atoms. The molecule has 1 N–H and O–H groups in total. The molecule has 6 heteroatoms. The largest absolute Gasteiger partial charge is 0.468 e. The average Bonchev–Trinajstić information content (AvgIpc) is 2.87. The number of halogens is 2. The fourth-order valence-corrected chi connectivity index (χ4v) is 2.90. The van der Waals surface area contributed by atoms with Gasteiger partial charge in [0.15, 0.2) is 0 Å². The Morgan fingerprint density at radius 2 is 2.16 bits per heavy atom. The van der Waals surface area contributed by atoms with Crippen LogP contribution in [0.15, 0.2) is 12.3 Å². The third-order valence-corrected chi connectivity index (χ3v) is 4.05. The smallest absolute Gasteiger partial charge is 0.326 e. The second-order valence-corrected chi connectivity index (χ2v) is 5.56. The Balaban J connectivity index is 2.09. The van der Waals surface area contributed by atoms with Crippen molar-refractivity contribution in [2.75, 3.05) is 7.11 Å². The van der Waals surface area contributed by atoms with E-state index in [0.717, 1.165) is 25.7 Å². The van der Waals surface area contributed by atoms with Crippen molar-refractivity contribution in [2.45, 2.75) is 37.8 Å². The van der Waals surface area contributed by atoms with Crippen LogP contribution in [0.2, 0.25) is 10.0 Å². The molecule has 0 atom stereocenters. The number of hydrogen-bond donors (Lipinski definition) is 1. The number of esters is 1. The first-order valence-electron chi connectivity index (χ1n) is 6.21. The van der Waals surface area contributed by atoms with E-state index in [0.29, 0.717) is 22.3 Å². The lowest BCUT2D eigenvalue weighted by molar-refractivity contribution is -0.148. The summed E-state index contributed by atoms with van der Waals surface area (Å²) in [6.07, 6.45) is 5.15. The minimum absolute atomic E-state index is 0.213. The van der Waals surface area contributed by atoms with Crippen molar-refractivity contribution in [3.63, 3.8) is 0 Å². The van der Waals surface area contributed by atoms with Crippen molar-refractivity contribution in [2.24, 2.45) is 0 Å². The molecule has 19 heavy (non-hydrogen) atoms. The predicted octanol–water partition coefficient (Wildman–Crippen LogP) is 2.96. The van der Waals surface area contributed by atoms with Crippen LogP contribution in [0.3, 0.4) is 0 Å². The molecule has 4 nitrogen and oxygen atoms in total. The Hall–Kier alpha value is -0.840. The van der Waals surface area contributed by atoms with Crippen molar-refractivity contribution in [1.82, 2.24) is 10.3 Å². The van der Waals surface area contributed by atoms with E-state index < -0.39 is 5.54 Å². The van der Waals surface area contributed by atoms with Crippen LogP contribution in [0.4, 0.5) is 0 Å². The Kier molecular flexibility index (Phi) is 4.66. The third kappa shape index (κ3) is 3.19. The number of ether oxygens (including phenoxy) is 1. The van der Waals surface area contributed by atoms with Crippen LogP contribution < -0.4 is 5.32 Å². The fourth-order valence-electron chi connectivity index (χ4n) is 2.45. The number of pyridine rings is 1. The molecule has 0 radical (unpaired) electrons. The van der Waals surface area contributed by atoms with Crippen LogP contribution in [-0.2, 0) is 16.1 Å². The van der Waals surface area contributed by atoms with Gasteiger partial charge in [-0.3, -0.25) is 15.1 Å². The van der Waals surface area contributed by atoms with Crippen LogP contribution in [0, 0.1) is 0 Å². The summed E-state index contributed by atoms with van der Waals surface area (Å²) >= 11 is 11.9. The maximum Gasteiger partial charge on any atom is 0.326 e. The number of methoxy groups -OCH3 is 1. The number of rotatable bonds is 4. The lowest BCUT2D eigenvalue weighted by atomic mass is 9.97. The van der Waals surface area contributed by atoms with Crippen molar-refractivity contribution in [3.05, 3.63) is 28.0 Å². The zero-order chi connectivity index (χ0) is 13.9. The van der Waals surface area contributed by atoms with Gasteiger partial charge in [0.05, 0.1) is 22.8 Å². The van der Waals surface area contributed by atoms with Gasteiger partial charge in [-0.15, -0.1) is 0 Å². The van der Waals surface area contributed by atoms with Gasteiger partial charge in [-0.1, -0.05) is 36.0 Å². The van der Waals surface area contributed by atoms with Crippen LogP contribution in [0.1, 0.15) is 31.4 Å². The molecule has 1 aliphatic rings. The highest BCUT2D eigenvalue weighted by atomic mass is 35.5. The lowest BCUT2D eigenvalue weighted by Gasteiger charge is -2.27. The second kappa shape index (κ2) is 6.07. The number of aromatic nitrogens is 1. The molecule has 0 saturated heterocycles. The highest BCUT2D eigenvalue weighted by molar-refractivity contribution is 6.34. The van der Waals surface area contributed by atoms with Gasteiger partial charge in [-0.2, -0.15) is 0 Å². The zero-order valence-electron chi connectivity index (χ0n) is 10.7. The maximum atomic E-state index is 11.9. The summed E-state index contributed by atoms with van der Waals surface area (Å²) in [6.45, 7) is 0.422. The van der Waals surface area contributed by atoms with Gasteiger partial charge in [0.2, 0.25) is 0 Å². The molecule has 2 rings (SSSR count). The number of nitrogens with one attached hydrogen (secondary N) is 1. The van der Waals surface area contributed by atoms with Crippen molar-refractivity contribution in [1.29, 1.82) is 0 Å². The number of nitrogens with zero attached hydrogens (tertiary/aromatic N) is 1. The summed E-state index contributed by atoms with van der Waals surface area (Å²) in [5, 5.41) is 4.25. The maximum absolute atomic E-state index is 11.9. The van der Waals surface area contributed by atoms with Crippen LogP contribution >= 0.6 is 23.2 Å². The van der Waals surface area contributed by atoms with E-state index in [1.165, 1.54) is 7.11 Å². The standard InChI is InChI=1S/C13H16Cl2N2O2/c1-19-12(18)13(4-2-3-5-13)17-8-11-10(15)6-9(14)7-16-11/h6-7,17H,2-5,8H2,1H3. The van der Waals surface area contributed by atoms with Crippen LogP contribution in [0.25, 0.3) is 0 Å². The van der Waals surface area contributed by atoms with Gasteiger partial charge in [-0.25, -0.2) is 0 Å². The minimum atomic E-state index is -0.598. The third-order valence-electron chi connectivity index (χ3n) is 3.51.